The summed E-state index contributed by atoms with van der Waals surface area (Å²) in [7, 11) is 0. The number of amides is 1. The van der Waals surface area contributed by atoms with Gasteiger partial charge in [-0.1, -0.05) is 13.8 Å². The van der Waals surface area contributed by atoms with Crippen molar-refractivity contribution in [1.82, 2.24) is 9.80 Å². The van der Waals surface area contributed by atoms with Gasteiger partial charge in [0.25, 0.3) is 0 Å². The minimum atomic E-state index is 0.169. The maximum Gasteiger partial charge on any atom is 0.232 e. The zero-order valence-corrected chi connectivity index (χ0v) is 9.96. The average molecular weight is 216 g/mol. The number of carbonyl (C=O) groups is 1. The minimum absolute atomic E-state index is 0.169. The second-order valence-electron chi connectivity index (χ2n) is 3.66. The molecule has 14 heavy (non-hydrogen) atoms. The summed E-state index contributed by atoms with van der Waals surface area (Å²) in [5, 5.41) is 0. The van der Waals surface area contributed by atoms with Crippen LogP contribution in [0.25, 0.3) is 0 Å². The SMILES string of the molecule is CCN(CC)C1CCN(C(=O)CS)C1. The Morgan fingerprint density at radius 3 is 2.64 bits per heavy atom. The van der Waals surface area contributed by atoms with Crippen molar-refractivity contribution >= 4 is 18.5 Å². The van der Waals surface area contributed by atoms with Crippen molar-refractivity contribution < 1.29 is 4.79 Å². The van der Waals surface area contributed by atoms with Crippen LogP contribution in [0.1, 0.15) is 20.3 Å². The summed E-state index contributed by atoms with van der Waals surface area (Å²) in [6.45, 7) is 8.29. The van der Waals surface area contributed by atoms with E-state index in [4.69, 9.17) is 0 Å². The molecule has 1 aliphatic heterocycles. The van der Waals surface area contributed by atoms with Gasteiger partial charge in [-0.15, -0.1) is 0 Å². The monoisotopic (exact) mass is 216 g/mol. The first-order chi connectivity index (χ1) is 6.72. The van der Waals surface area contributed by atoms with Crippen LogP contribution in [0.4, 0.5) is 0 Å². The summed E-state index contributed by atoms with van der Waals surface area (Å²) in [6.07, 6.45) is 1.11. The van der Waals surface area contributed by atoms with Gasteiger partial charge in [0.15, 0.2) is 0 Å². The molecule has 1 amide bonds. The van der Waals surface area contributed by atoms with Crippen LogP contribution in [0.15, 0.2) is 0 Å². The van der Waals surface area contributed by atoms with Crippen molar-refractivity contribution in [2.24, 2.45) is 0 Å². The van der Waals surface area contributed by atoms with Crippen molar-refractivity contribution in [3.8, 4) is 0 Å². The van der Waals surface area contributed by atoms with Gasteiger partial charge in [0.2, 0.25) is 5.91 Å². The summed E-state index contributed by atoms with van der Waals surface area (Å²) >= 11 is 4.01. The molecule has 0 spiro atoms. The fourth-order valence-corrected chi connectivity index (χ4v) is 2.31. The van der Waals surface area contributed by atoms with E-state index >= 15 is 0 Å². The second kappa shape index (κ2) is 5.61. The number of nitrogens with zero attached hydrogens (tertiary/aromatic N) is 2. The van der Waals surface area contributed by atoms with Gasteiger partial charge in [-0.05, 0) is 19.5 Å². The largest absolute Gasteiger partial charge is 0.340 e. The van der Waals surface area contributed by atoms with Crippen molar-refractivity contribution in [3.05, 3.63) is 0 Å². The van der Waals surface area contributed by atoms with Gasteiger partial charge in [0, 0.05) is 19.1 Å². The van der Waals surface area contributed by atoms with Crippen molar-refractivity contribution in [1.29, 1.82) is 0 Å². The Labute approximate surface area is 91.9 Å². The third-order valence-corrected chi connectivity index (χ3v) is 3.25. The summed E-state index contributed by atoms with van der Waals surface area (Å²) in [6, 6.07) is 0.564. The zero-order chi connectivity index (χ0) is 10.6. The Bertz CT molecular complexity index is 195. The molecule has 0 N–H and O–H groups in total. The number of thiol groups is 1. The third-order valence-electron chi connectivity index (χ3n) is 2.98. The van der Waals surface area contributed by atoms with Gasteiger partial charge < -0.3 is 4.90 Å². The molecule has 1 heterocycles. The van der Waals surface area contributed by atoms with Gasteiger partial charge >= 0.3 is 0 Å². The lowest BCUT2D eigenvalue weighted by Gasteiger charge is -2.25. The number of carbonyl (C=O) groups excluding carboxylic acids is 1. The number of hydrogen-bond donors (Lipinski definition) is 1. The Morgan fingerprint density at radius 2 is 2.14 bits per heavy atom. The molecule has 0 aromatic carbocycles. The molecule has 4 heteroatoms. The lowest BCUT2D eigenvalue weighted by Crippen LogP contribution is -2.38. The highest BCUT2D eigenvalue weighted by Crippen LogP contribution is 2.15. The molecule has 0 aromatic heterocycles. The first-order valence-electron chi connectivity index (χ1n) is 5.35. The molecule has 1 atom stereocenters. The van der Waals surface area contributed by atoms with Gasteiger partial charge in [-0.25, -0.2) is 0 Å². The van der Waals surface area contributed by atoms with Crippen LogP contribution < -0.4 is 0 Å². The number of likely N-dealkylation sites (N-methyl/N-ethyl adjacent to an activating group) is 1. The van der Waals surface area contributed by atoms with E-state index in [2.05, 4.69) is 31.4 Å². The Hall–Kier alpha value is -0.220. The highest BCUT2D eigenvalue weighted by Gasteiger charge is 2.28. The lowest BCUT2D eigenvalue weighted by molar-refractivity contribution is -0.127. The van der Waals surface area contributed by atoms with Crippen LogP contribution in [0, 0.1) is 0 Å². The zero-order valence-electron chi connectivity index (χ0n) is 9.07. The van der Waals surface area contributed by atoms with Gasteiger partial charge in [0.1, 0.15) is 0 Å². The van der Waals surface area contributed by atoms with Crippen LogP contribution in [0.5, 0.6) is 0 Å². The molecule has 0 saturated carbocycles. The van der Waals surface area contributed by atoms with Crippen LogP contribution in [-0.4, -0.2) is 53.7 Å². The van der Waals surface area contributed by atoms with E-state index in [0.717, 1.165) is 32.6 Å². The van der Waals surface area contributed by atoms with E-state index in [0.29, 0.717) is 11.8 Å². The van der Waals surface area contributed by atoms with E-state index in [9.17, 15) is 4.79 Å². The highest BCUT2D eigenvalue weighted by molar-refractivity contribution is 7.81. The number of rotatable bonds is 4. The molecule has 1 fully saturated rings. The van der Waals surface area contributed by atoms with Crippen molar-refractivity contribution in [2.75, 3.05) is 31.9 Å². The standard InChI is InChI=1S/C10H20N2OS/c1-3-11(4-2)9-5-6-12(7-9)10(13)8-14/h9,14H,3-8H2,1-2H3. The summed E-state index contributed by atoms with van der Waals surface area (Å²) in [4.78, 5) is 15.7. The Kier molecular flexibility index (Phi) is 4.75. The quantitative estimate of drug-likeness (QED) is 0.705. The maximum atomic E-state index is 11.4. The second-order valence-corrected chi connectivity index (χ2v) is 3.98. The van der Waals surface area contributed by atoms with Crippen molar-refractivity contribution in [3.63, 3.8) is 0 Å². The molecule has 1 unspecified atom stereocenters. The summed E-state index contributed by atoms with van der Waals surface area (Å²) < 4.78 is 0. The average Bonchev–Trinajstić information content (AvgIpc) is 2.68. The molecule has 0 radical (unpaired) electrons. The van der Waals surface area contributed by atoms with Crippen LogP contribution in [0.3, 0.4) is 0 Å². The number of likely N-dealkylation sites (tertiary alicyclic amines) is 1. The van der Waals surface area contributed by atoms with Crippen molar-refractivity contribution in [2.45, 2.75) is 26.3 Å². The minimum Gasteiger partial charge on any atom is -0.340 e. The number of hydrogen-bond acceptors (Lipinski definition) is 3. The predicted octanol–water partition coefficient (Wildman–Crippen LogP) is 0.859. The van der Waals surface area contributed by atoms with E-state index in [1.807, 2.05) is 4.90 Å². The van der Waals surface area contributed by atoms with Crippen LogP contribution >= 0.6 is 12.6 Å². The molecular weight excluding hydrogens is 196 g/mol. The van der Waals surface area contributed by atoms with Crippen LogP contribution in [-0.2, 0) is 4.79 Å². The first-order valence-corrected chi connectivity index (χ1v) is 5.98. The van der Waals surface area contributed by atoms with Gasteiger partial charge in [-0.3, -0.25) is 9.69 Å². The fraction of sp³-hybridized carbons (Fsp3) is 0.900. The van der Waals surface area contributed by atoms with E-state index in [1.165, 1.54) is 0 Å². The molecule has 0 bridgehead atoms. The Morgan fingerprint density at radius 1 is 1.50 bits per heavy atom. The third kappa shape index (κ3) is 2.64. The van der Waals surface area contributed by atoms with Crippen LogP contribution in [0.2, 0.25) is 0 Å². The molecule has 0 aromatic rings. The first kappa shape index (κ1) is 11.9. The highest BCUT2D eigenvalue weighted by atomic mass is 32.1. The molecule has 1 rings (SSSR count). The topological polar surface area (TPSA) is 23.6 Å². The molecular formula is C10H20N2OS. The molecule has 1 aliphatic rings. The normalized spacial score (nSPS) is 22.0. The Balaban J connectivity index is 2.43. The van der Waals surface area contributed by atoms with Gasteiger partial charge in [0.05, 0.1) is 5.75 Å². The summed E-state index contributed by atoms with van der Waals surface area (Å²) in [5.74, 6) is 0.508. The smallest absolute Gasteiger partial charge is 0.232 e. The lowest BCUT2D eigenvalue weighted by atomic mass is 10.2. The van der Waals surface area contributed by atoms with E-state index < -0.39 is 0 Å². The van der Waals surface area contributed by atoms with Gasteiger partial charge in [-0.2, -0.15) is 12.6 Å². The fourth-order valence-electron chi connectivity index (χ4n) is 2.11. The van der Waals surface area contributed by atoms with E-state index in [1.54, 1.807) is 0 Å². The molecule has 3 nitrogen and oxygen atoms in total. The molecule has 1 saturated heterocycles. The summed E-state index contributed by atoms with van der Waals surface area (Å²) in [5.41, 5.74) is 0. The predicted molar refractivity (Wildman–Crippen MR) is 61.8 cm³/mol. The molecule has 0 aliphatic carbocycles. The maximum absolute atomic E-state index is 11.4. The molecule has 82 valence electrons. The van der Waals surface area contributed by atoms with E-state index in [-0.39, 0.29) is 5.91 Å².